The number of rotatable bonds is 4. The summed E-state index contributed by atoms with van der Waals surface area (Å²) in [5.41, 5.74) is 0.204. The summed E-state index contributed by atoms with van der Waals surface area (Å²) in [5, 5.41) is 11.4. The van der Waals surface area contributed by atoms with Crippen LogP contribution < -0.4 is 5.32 Å². The summed E-state index contributed by atoms with van der Waals surface area (Å²) in [6, 6.07) is 2.78. The van der Waals surface area contributed by atoms with Crippen molar-refractivity contribution in [2.45, 2.75) is 19.9 Å². The van der Waals surface area contributed by atoms with Gasteiger partial charge in [-0.3, -0.25) is 4.79 Å². The maximum atomic E-state index is 13.0. The smallest absolute Gasteiger partial charge is 0.326 e. The SMILES string of the molecule is CC(C)[C@H](NC(=O)c1ccc(F)c(Br)c1)C(=O)O. The van der Waals surface area contributed by atoms with Crippen LogP contribution in [-0.4, -0.2) is 23.0 Å². The summed E-state index contributed by atoms with van der Waals surface area (Å²) in [7, 11) is 0. The number of amides is 1. The lowest BCUT2D eigenvalue weighted by Crippen LogP contribution is -2.44. The maximum Gasteiger partial charge on any atom is 0.326 e. The predicted molar refractivity (Wildman–Crippen MR) is 67.8 cm³/mol. The first-order valence-corrected chi connectivity index (χ1v) is 6.11. The highest BCUT2D eigenvalue weighted by Gasteiger charge is 2.24. The molecule has 0 unspecified atom stereocenters. The number of carbonyl (C=O) groups excluding carboxylic acids is 1. The van der Waals surface area contributed by atoms with Crippen LogP contribution in [0.3, 0.4) is 0 Å². The number of carbonyl (C=O) groups is 2. The van der Waals surface area contributed by atoms with Crippen molar-refractivity contribution < 1.29 is 19.1 Å². The fraction of sp³-hybridized carbons (Fsp3) is 0.333. The van der Waals surface area contributed by atoms with Gasteiger partial charge in [-0.15, -0.1) is 0 Å². The summed E-state index contributed by atoms with van der Waals surface area (Å²) in [6.07, 6.45) is 0. The molecule has 0 heterocycles. The van der Waals surface area contributed by atoms with Gasteiger partial charge in [-0.1, -0.05) is 13.8 Å². The van der Waals surface area contributed by atoms with E-state index < -0.39 is 23.7 Å². The van der Waals surface area contributed by atoms with E-state index in [9.17, 15) is 14.0 Å². The molecule has 18 heavy (non-hydrogen) atoms. The van der Waals surface area contributed by atoms with Crippen molar-refractivity contribution in [2.24, 2.45) is 5.92 Å². The minimum Gasteiger partial charge on any atom is -0.480 e. The number of carboxylic acid groups (broad SMARTS) is 1. The molecule has 0 saturated carbocycles. The lowest BCUT2D eigenvalue weighted by Gasteiger charge is -2.17. The molecule has 98 valence electrons. The Morgan fingerprint density at radius 2 is 2.00 bits per heavy atom. The third kappa shape index (κ3) is 3.53. The molecule has 0 spiro atoms. The van der Waals surface area contributed by atoms with E-state index in [1.165, 1.54) is 12.1 Å². The number of carboxylic acids is 1. The van der Waals surface area contributed by atoms with Gasteiger partial charge in [0.2, 0.25) is 0 Å². The van der Waals surface area contributed by atoms with Crippen LogP contribution in [0, 0.1) is 11.7 Å². The number of nitrogens with one attached hydrogen (secondary N) is 1. The third-order valence-corrected chi connectivity index (χ3v) is 3.01. The van der Waals surface area contributed by atoms with E-state index in [1.54, 1.807) is 13.8 Å². The summed E-state index contributed by atoms with van der Waals surface area (Å²) >= 11 is 2.97. The molecule has 1 atom stereocenters. The van der Waals surface area contributed by atoms with Gasteiger partial charge in [0.05, 0.1) is 4.47 Å². The van der Waals surface area contributed by atoms with Gasteiger partial charge in [-0.05, 0) is 40.0 Å². The molecule has 0 saturated heterocycles. The van der Waals surface area contributed by atoms with Gasteiger partial charge in [0.15, 0.2) is 0 Å². The normalized spacial score (nSPS) is 12.3. The maximum absolute atomic E-state index is 13.0. The summed E-state index contributed by atoms with van der Waals surface area (Å²) in [6.45, 7) is 3.39. The van der Waals surface area contributed by atoms with Crippen LogP contribution in [-0.2, 0) is 4.79 Å². The van der Waals surface area contributed by atoms with Crippen LogP contribution in [0.2, 0.25) is 0 Å². The van der Waals surface area contributed by atoms with Gasteiger partial charge < -0.3 is 10.4 Å². The quantitative estimate of drug-likeness (QED) is 0.896. The molecule has 2 N–H and O–H groups in total. The van der Waals surface area contributed by atoms with E-state index in [4.69, 9.17) is 5.11 Å². The molecule has 1 amide bonds. The second-order valence-electron chi connectivity index (χ2n) is 4.16. The molecule has 1 rings (SSSR count). The Balaban J connectivity index is 2.87. The van der Waals surface area contributed by atoms with Gasteiger partial charge in [-0.25, -0.2) is 9.18 Å². The van der Waals surface area contributed by atoms with Crippen LogP contribution in [0.4, 0.5) is 4.39 Å². The van der Waals surface area contributed by atoms with Crippen LogP contribution in [0.15, 0.2) is 22.7 Å². The number of hydrogen-bond acceptors (Lipinski definition) is 2. The van der Waals surface area contributed by atoms with E-state index in [-0.39, 0.29) is 16.0 Å². The molecule has 0 fully saturated rings. The van der Waals surface area contributed by atoms with Crippen molar-refractivity contribution in [1.82, 2.24) is 5.32 Å². The number of hydrogen-bond donors (Lipinski definition) is 2. The van der Waals surface area contributed by atoms with Crippen LogP contribution in [0.5, 0.6) is 0 Å². The van der Waals surface area contributed by atoms with E-state index in [2.05, 4.69) is 21.2 Å². The van der Waals surface area contributed by atoms with Crippen LogP contribution in [0.1, 0.15) is 24.2 Å². The molecule has 0 aliphatic carbocycles. The fourth-order valence-electron chi connectivity index (χ4n) is 1.38. The summed E-state index contributed by atoms with van der Waals surface area (Å²) < 4.78 is 13.2. The molecular formula is C12H13BrFNO3. The molecule has 1 aromatic carbocycles. The zero-order chi connectivity index (χ0) is 13.9. The van der Waals surface area contributed by atoms with E-state index in [0.29, 0.717) is 0 Å². The fourth-order valence-corrected chi connectivity index (χ4v) is 1.75. The van der Waals surface area contributed by atoms with Crippen molar-refractivity contribution >= 4 is 27.8 Å². The van der Waals surface area contributed by atoms with Crippen molar-refractivity contribution in [3.63, 3.8) is 0 Å². The van der Waals surface area contributed by atoms with Gasteiger partial charge in [0.1, 0.15) is 11.9 Å². The summed E-state index contributed by atoms with van der Waals surface area (Å²) in [4.78, 5) is 22.8. The largest absolute Gasteiger partial charge is 0.480 e. The average Bonchev–Trinajstić information content (AvgIpc) is 2.28. The highest BCUT2D eigenvalue weighted by atomic mass is 79.9. The zero-order valence-electron chi connectivity index (χ0n) is 9.91. The monoisotopic (exact) mass is 317 g/mol. The van der Waals surface area contributed by atoms with E-state index in [0.717, 1.165) is 6.07 Å². The van der Waals surface area contributed by atoms with Crippen LogP contribution in [0.25, 0.3) is 0 Å². The first-order valence-electron chi connectivity index (χ1n) is 5.31. The first kappa shape index (κ1) is 14.6. The third-order valence-electron chi connectivity index (χ3n) is 2.40. The van der Waals surface area contributed by atoms with Crippen molar-refractivity contribution in [3.05, 3.63) is 34.1 Å². The topological polar surface area (TPSA) is 66.4 Å². The Kier molecular flexibility index (Phi) is 4.84. The second-order valence-corrected chi connectivity index (χ2v) is 5.02. The summed E-state index contributed by atoms with van der Waals surface area (Å²) in [5.74, 6) is -2.36. The molecule has 0 aliphatic rings. The lowest BCUT2D eigenvalue weighted by atomic mass is 10.0. The standard InChI is InChI=1S/C12H13BrFNO3/c1-6(2)10(12(17)18)15-11(16)7-3-4-9(14)8(13)5-7/h3-6,10H,1-2H3,(H,15,16)(H,17,18)/t10-/m0/s1. The second kappa shape index (κ2) is 5.95. The molecule has 0 aliphatic heterocycles. The van der Waals surface area contributed by atoms with E-state index in [1.807, 2.05) is 0 Å². The van der Waals surface area contributed by atoms with E-state index >= 15 is 0 Å². The number of halogens is 2. The highest BCUT2D eigenvalue weighted by molar-refractivity contribution is 9.10. The lowest BCUT2D eigenvalue weighted by molar-refractivity contribution is -0.140. The van der Waals surface area contributed by atoms with Gasteiger partial charge in [0.25, 0.3) is 5.91 Å². The Hall–Kier alpha value is -1.43. The molecule has 0 aromatic heterocycles. The molecule has 6 heteroatoms. The molecule has 4 nitrogen and oxygen atoms in total. The average molecular weight is 318 g/mol. The van der Waals surface area contributed by atoms with Crippen molar-refractivity contribution in [1.29, 1.82) is 0 Å². The predicted octanol–water partition coefficient (Wildman–Crippen LogP) is 2.43. The highest BCUT2D eigenvalue weighted by Crippen LogP contribution is 2.17. The Morgan fingerprint density at radius 3 is 2.44 bits per heavy atom. The van der Waals surface area contributed by atoms with Crippen LogP contribution >= 0.6 is 15.9 Å². The molecular weight excluding hydrogens is 305 g/mol. The van der Waals surface area contributed by atoms with Crippen molar-refractivity contribution in [2.75, 3.05) is 0 Å². The first-order chi connectivity index (χ1) is 8.32. The number of aliphatic carboxylic acids is 1. The number of benzene rings is 1. The minimum atomic E-state index is -1.10. The molecule has 0 radical (unpaired) electrons. The Bertz CT molecular complexity index is 476. The minimum absolute atomic E-state index is 0.159. The van der Waals surface area contributed by atoms with Gasteiger partial charge >= 0.3 is 5.97 Å². The Morgan fingerprint density at radius 1 is 1.39 bits per heavy atom. The molecule has 0 bridgehead atoms. The molecule has 1 aromatic rings. The van der Waals surface area contributed by atoms with Gasteiger partial charge in [-0.2, -0.15) is 0 Å². The van der Waals surface area contributed by atoms with Crippen molar-refractivity contribution in [3.8, 4) is 0 Å². The Labute approximate surface area is 112 Å². The zero-order valence-corrected chi connectivity index (χ0v) is 11.5. The van der Waals surface area contributed by atoms with Gasteiger partial charge in [0, 0.05) is 5.56 Å².